The predicted octanol–water partition coefficient (Wildman–Crippen LogP) is 5.15. The van der Waals surface area contributed by atoms with Crippen molar-refractivity contribution in [3.63, 3.8) is 0 Å². The normalized spacial score (nSPS) is 11.3. The molecule has 3 aromatic carbocycles. The van der Waals surface area contributed by atoms with Crippen molar-refractivity contribution >= 4 is 23.0 Å². The highest BCUT2D eigenvalue weighted by atomic mass is 16.2. The minimum atomic E-state index is -0.341. The second kappa shape index (κ2) is 8.96. The van der Waals surface area contributed by atoms with Crippen LogP contribution in [0.15, 0.2) is 96.1 Å². The van der Waals surface area contributed by atoms with Crippen LogP contribution in [0.4, 0.5) is 0 Å². The maximum atomic E-state index is 12.6. The molecule has 5 aromatic rings. The van der Waals surface area contributed by atoms with Crippen LogP contribution in [0.25, 0.3) is 22.2 Å². The molecule has 0 saturated heterocycles. The molecule has 0 aliphatic heterocycles. The molecule has 2 heterocycles. The summed E-state index contributed by atoms with van der Waals surface area (Å²) in [5.74, 6) is -0.341. The number of hydrogen-bond acceptors (Lipinski definition) is 3. The monoisotopic (exact) mass is 433 g/mol. The summed E-state index contributed by atoms with van der Waals surface area (Å²) in [6, 6.07) is 30.0. The van der Waals surface area contributed by atoms with Gasteiger partial charge in [0.05, 0.1) is 11.9 Å². The molecular weight excluding hydrogens is 410 g/mol. The summed E-state index contributed by atoms with van der Waals surface area (Å²) in [6.45, 7) is 2.84. The molecule has 162 valence electrons. The number of benzene rings is 3. The van der Waals surface area contributed by atoms with Crippen molar-refractivity contribution in [2.45, 2.75) is 13.5 Å². The van der Waals surface area contributed by atoms with Gasteiger partial charge in [0, 0.05) is 34.3 Å². The number of carbonyl (C=O) groups excluding carboxylic acids is 1. The van der Waals surface area contributed by atoms with Crippen LogP contribution in [0.2, 0.25) is 0 Å². The maximum Gasteiger partial charge on any atom is 0.289 e. The number of carbonyl (C=O) groups is 1. The Labute approximate surface area is 191 Å². The van der Waals surface area contributed by atoms with Crippen LogP contribution in [-0.2, 0) is 6.54 Å². The van der Waals surface area contributed by atoms with E-state index in [0.717, 1.165) is 34.3 Å². The van der Waals surface area contributed by atoms with E-state index in [2.05, 4.69) is 56.5 Å². The van der Waals surface area contributed by atoms with Gasteiger partial charge in [0.2, 0.25) is 0 Å². The highest BCUT2D eigenvalue weighted by molar-refractivity contribution is 6.02. The fourth-order valence-corrected chi connectivity index (χ4v) is 4.00. The number of para-hydroxylation sites is 1. The maximum absolute atomic E-state index is 12.6. The molecule has 5 rings (SSSR count). The molecule has 2 aromatic heterocycles. The van der Waals surface area contributed by atoms with Crippen LogP contribution in [-0.4, -0.2) is 26.9 Å². The van der Waals surface area contributed by atoms with Gasteiger partial charge in [0.15, 0.2) is 0 Å². The van der Waals surface area contributed by atoms with E-state index in [0.29, 0.717) is 11.4 Å². The van der Waals surface area contributed by atoms with Gasteiger partial charge < -0.3 is 4.57 Å². The van der Waals surface area contributed by atoms with Crippen LogP contribution in [0, 0.1) is 6.92 Å². The number of hydrogen-bond donors (Lipinski definition) is 2. The molecule has 0 atom stereocenters. The van der Waals surface area contributed by atoms with Crippen LogP contribution < -0.4 is 5.43 Å². The standard InChI is InChI=1S/C27H23N5O/c1-19-23(22-14-8-9-15-26(22)32(19)18-20-10-4-2-5-11-20)17-28-31-27(33)25-16-24(29-30-25)21-12-6-3-7-13-21/h2-17H,18H2,1H3,(H,29,30)(H,31,33). The van der Waals surface area contributed by atoms with Crippen molar-refractivity contribution in [3.8, 4) is 11.3 Å². The summed E-state index contributed by atoms with van der Waals surface area (Å²) in [4.78, 5) is 12.6. The molecule has 0 unspecified atom stereocenters. The number of H-pyrrole nitrogens is 1. The molecule has 6 nitrogen and oxygen atoms in total. The largest absolute Gasteiger partial charge is 0.340 e. The van der Waals surface area contributed by atoms with E-state index in [-0.39, 0.29) is 5.91 Å². The van der Waals surface area contributed by atoms with Crippen molar-refractivity contribution in [2.24, 2.45) is 5.10 Å². The quantitative estimate of drug-likeness (QED) is 0.287. The molecule has 1 amide bonds. The second-order valence-electron chi connectivity index (χ2n) is 7.82. The molecule has 6 heteroatoms. The molecule has 0 spiro atoms. The summed E-state index contributed by atoms with van der Waals surface area (Å²) in [5.41, 5.74) is 9.06. The molecular formula is C27H23N5O. The molecule has 0 aliphatic rings. The Kier molecular flexibility index (Phi) is 5.55. The highest BCUT2D eigenvalue weighted by Gasteiger charge is 2.14. The van der Waals surface area contributed by atoms with E-state index < -0.39 is 0 Å². The zero-order valence-corrected chi connectivity index (χ0v) is 18.2. The Morgan fingerprint density at radius 1 is 1.00 bits per heavy atom. The van der Waals surface area contributed by atoms with Crippen molar-refractivity contribution < 1.29 is 4.79 Å². The average molecular weight is 434 g/mol. The molecule has 0 saturated carbocycles. The average Bonchev–Trinajstić information content (AvgIpc) is 3.45. The van der Waals surface area contributed by atoms with Gasteiger partial charge in [0.25, 0.3) is 5.91 Å². The van der Waals surface area contributed by atoms with Gasteiger partial charge in [-0.2, -0.15) is 10.2 Å². The first kappa shape index (κ1) is 20.5. The summed E-state index contributed by atoms with van der Waals surface area (Å²) in [6.07, 6.45) is 1.71. The molecule has 33 heavy (non-hydrogen) atoms. The fourth-order valence-electron chi connectivity index (χ4n) is 4.00. The third kappa shape index (κ3) is 4.19. The van der Waals surface area contributed by atoms with Gasteiger partial charge >= 0.3 is 0 Å². The van der Waals surface area contributed by atoms with Crippen LogP contribution in [0.3, 0.4) is 0 Å². The topological polar surface area (TPSA) is 75.1 Å². The molecule has 0 aliphatic carbocycles. The summed E-state index contributed by atoms with van der Waals surface area (Å²) in [5, 5.41) is 12.4. The van der Waals surface area contributed by atoms with E-state index in [1.165, 1.54) is 5.56 Å². The Hall–Kier alpha value is -4.45. The van der Waals surface area contributed by atoms with Crippen LogP contribution in [0.5, 0.6) is 0 Å². The minimum Gasteiger partial charge on any atom is -0.340 e. The summed E-state index contributed by atoms with van der Waals surface area (Å²) in [7, 11) is 0. The zero-order valence-electron chi connectivity index (χ0n) is 18.2. The highest BCUT2D eigenvalue weighted by Crippen LogP contribution is 2.25. The van der Waals surface area contributed by atoms with Gasteiger partial charge in [0.1, 0.15) is 5.69 Å². The number of amides is 1. The lowest BCUT2D eigenvalue weighted by Crippen LogP contribution is -2.18. The summed E-state index contributed by atoms with van der Waals surface area (Å²) >= 11 is 0. The van der Waals surface area contributed by atoms with Gasteiger partial charge in [-0.3, -0.25) is 9.89 Å². The molecule has 2 N–H and O–H groups in total. The minimum absolute atomic E-state index is 0.341. The number of nitrogens with one attached hydrogen (secondary N) is 2. The van der Waals surface area contributed by atoms with Gasteiger partial charge in [-0.15, -0.1) is 0 Å². The van der Waals surface area contributed by atoms with Crippen molar-refractivity contribution in [2.75, 3.05) is 0 Å². The van der Waals surface area contributed by atoms with Crippen LogP contribution in [0.1, 0.15) is 27.3 Å². The third-order valence-corrected chi connectivity index (χ3v) is 5.71. The number of fused-ring (bicyclic) bond motifs is 1. The van der Waals surface area contributed by atoms with Crippen LogP contribution >= 0.6 is 0 Å². The molecule has 0 bridgehead atoms. The Morgan fingerprint density at radius 3 is 2.48 bits per heavy atom. The molecule has 0 radical (unpaired) electrons. The Bertz CT molecular complexity index is 1430. The van der Waals surface area contributed by atoms with Crippen molar-refractivity contribution in [1.82, 2.24) is 20.2 Å². The Balaban J connectivity index is 1.37. The SMILES string of the molecule is Cc1c(C=NNC(=O)c2cc(-c3ccccc3)n[nH]2)c2ccccc2n1Cc1ccccc1. The van der Waals surface area contributed by atoms with E-state index in [1.54, 1.807) is 12.3 Å². The lowest BCUT2D eigenvalue weighted by molar-refractivity contribution is 0.0950. The van der Waals surface area contributed by atoms with E-state index in [9.17, 15) is 4.79 Å². The number of rotatable bonds is 6. The van der Waals surface area contributed by atoms with Crippen molar-refractivity contribution in [1.29, 1.82) is 0 Å². The van der Waals surface area contributed by atoms with Crippen molar-refractivity contribution in [3.05, 3.63) is 114 Å². The Morgan fingerprint density at radius 2 is 1.70 bits per heavy atom. The first-order valence-corrected chi connectivity index (χ1v) is 10.8. The number of aromatic nitrogens is 3. The first-order valence-electron chi connectivity index (χ1n) is 10.8. The van der Waals surface area contributed by atoms with Gasteiger partial charge in [-0.1, -0.05) is 78.9 Å². The lowest BCUT2D eigenvalue weighted by atomic mass is 10.1. The smallest absolute Gasteiger partial charge is 0.289 e. The zero-order chi connectivity index (χ0) is 22.6. The number of nitrogens with zero attached hydrogens (tertiary/aromatic N) is 3. The fraction of sp³-hybridized carbons (Fsp3) is 0.0741. The van der Waals surface area contributed by atoms with E-state index >= 15 is 0 Å². The van der Waals surface area contributed by atoms with Gasteiger partial charge in [-0.05, 0) is 24.6 Å². The lowest BCUT2D eigenvalue weighted by Gasteiger charge is -2.08. The molecule has 0 fully saturated rings. The second-order valence-corrected chi connectivity index (χ2v) is 7.82. The number of hydrazone groups is 1. The predicted molar refractivity (Wildman–Crippen MR) is 131 cm³/mol. The van der Waals surface area contributed by atoms with E-state index in [1.807, 2.05) is 60.7 Å². The van der Waals surface area contributed by atoms with Gasteiger partial charge in [-0.25, -0.2) is 5.43 Å². The first-order chi connectivity index (χ1) is 16.2. The third-order valence-electron chi connectivity index (χ3n) is 5.71. The number of aromatic amines is 1. The van der Waals surface area contributed by atoms with E-state index in [4.69, 9.17) is 0 Å². The summed E-state index contributed by atoms with van der Waals surface area (Å²) < 4.78 is 2.27.